The normalized spacial score (nSPS) is 11.4. The van der Waals surface area contributed by atoms with Crippen LogP contribution in [-0.2, 0) is 16.0 Å². The van der Waals surface area contributed by atoms with E-state index in [1.165, 1.54) is 0 Å². The molecule has 1 heterocycles. The lowest BCUT2D eigenvalue weighted by Crippen LogP contribution is -2.11. The number of hydrogen-bond acceptors (Lipinski definition) is 6. The third-order valence-corrected chi connectivity index (χ3v) is 3.44. The molecule has 0 unspecified atom stereocenters. The lowest BCUT2D eigenvalue weighted by atomic mass is 10.4. The summed E-state index contributed by atoms with van der Waals surface area (Å²) >= 11 is 1.65. The topological polar surface area (TPSA) is 75.2 Å². The summed E-state index contributed by atoms with van der Waals surface area (Å²) < 4.78 is 12.5. The molecule has 0 spiro atoms. The van der Waals surface area contributed by atoms with Gasteiger partial charge in [0.15, 0.2) is 5.16 Å². The van der Waals surface area contributed by atoms with Crippen molar-refractivity contribution in [2.75, 3.05) is 32.7 Å². The van der Waals surface area contributed by atoms with E-state index in [0.29, 0.717) is 19.2 Å². The number of nitrogens with zero attached hydrogens (tertiary/aromatic N) is 3. The van der Waals surface area contributed by atoms with Gasteiger partial charge in [0.2, 0.25) is 0 Å². The Balaban J connectivity index is 2.31. The molecule has 0 fully saturated rings. The second-order valence-corrected chi connectivity index (χ2v) is 5.44. The molecule has 0 aromatic carbocycles. The Labute approximate surface area is 119 Å². The highest BCUT2D eigenvalue weighted by Crippen LogP contribution is 2.21. The van der Waals surface area contributed by atoms with Gasteiger partial charge in [-0.25, -0.2) is 0 Å². The largest absolute Gasteiger partial charge is 0.385 e. The first-order chi connectivity index (χ1) is 9.20. The van der Waals surface area contributed by atoms with Crippen LogP contribution in [0.5, 0.6) is 0 Å². The van der Waals surface area contributed by atoms with Gasteiger partial charge in [0, 0.05) is 32.1 Å². The predicted octanol–water partition coefficient (Wildman–Crippen LogP) is 1.46. The van der Waals surface area contributed by atoms with E-state index in [1.807, 2.05) is 0 Å². The van der Waals surface area contributed by atoms with E-state index in [2.05, 4.69) is 28.6 Å². The summed E-state index contributed by atoms with van der Waals surface area (Å²) in [5.41, 5.74) is 5.66. The van der Waals surface area contributed by atoms with Crippen molar-refractivity contribution < 1.29 is 9.47 Å². The van der Waals surface area contributed by atoms with Crippen LogP contribution in [0.3, 0.4) is 0 Å². The van der Waals surface area contributed by atoms with Crippen LogP contribution >= 0.6 is 11.8 Å². The van der Waals surface area contributed by atoms with Gasteiger partial charge >= 0.3 is 0 Å². The molecule has 6 nitrogen and oxygen atoms in total. The van der Waals surface area contributed by atoms with Gasteiger partial charge < -0.3 is 19.8 Å². The molecule has 7 heteroatoms. The average Bonchev–Trinajstić information content (AvgIpc) is 2.81. The lowest BCUT2D eigenvalue weighted by molar-refractivity contribution is 0.113. The summed E-state index contributed by atoms with van der Waals surface area (Å²) in [6.45, 7) is 6.81. The van der Waals surface area contributed by atoms with Crippen molar-refractivity contribution in [3.05, 3.63) is 5.82 Å². The second-order valence-electron chi connectivity index (χ2n) is 4.37. The van der Waals surface area contributed by atoms with Crippen molar-refractivity contribution in [1.82, 2.24) is 14.8 Å². The Bertz CT molecular complexity index is 357. The quantitative estimate of drug-likeness (QED) is 0.519. The summed E-state index contributed by atoms with van der Waals surface area (Å²) in [7, 11) is 1.70. The molecule has 0 aliphatic rings. The maximum atomic E-state index is 5.66. The summed E-state index contributed by atoms with van der Waals surface area (Å²) in [5, 5.41) is 9.19. The maximum absolute atomic E-state index is 5.66. The molecule has 1 rings (SSSR count). The third-order valence-electron chi connectivity index (χ3n) is 2.53. The number of ether oxygens (including phenoxy) is 2. The molecule has 1 aromatic rings. The number of nitrogens with two attached hydrogens (primary N) is 1. The zero-order valence-corrected chi connectivity index (χ0v) is 12.8. The Hall–Kier alpha value is -0.630. The summed E-state index contributed by atoms with van der Waals surface area (Å²) in [6.07, 6.45) is 0.931. The van der Waals surface area contributed by atoms with E-state index in [0.717, 1.165) is 36.4 Å². The number of aromatic nitrogens is 3. The fraction of sp³-hybridized carbons (Fsp3) is 0.833. The Kier molecular flexibility index (Phi) is 8.04. The molecule has 0 atom stereocenters. The van der Waals surface area contributed by atoms with E-state index < -0.39 is 0 Å². The monoisotopic (exact) mass is 288 g/mol. The van der Waals surface area contributed by atoms with Crippen molar-refractivity contribution in [2.45, 2.75) is 38.0 Å². The zero-order chi connectivity index (χ0) is 14.1. The summed E-state index contributed by atoms with van der Waals surface area (Å²) in [5.74, 6) is 1.70. The van der Waals surface area contributed by atoms with Gasteiger partial charge in [0.25, 0.3) is 0 Å². The highest BCUT2D eigenvalue weighted by molar-refractivity contribution is 7.99. The number of hydrogen-bond donors (Lipinski definition) is 1. The van der Waals surface area contributed by atoms with Crippen LogP contribution in [0.15, 0.2) is 5.16 Å². The molecular formula is C12H24N4O2S. The summed E-state index contributed by atoms with van der Waals surface area (Å²) in [6, 6.07) is 0.318. The van der Waals surface area contributed by atoms with Gasteiger partial charge in [0.1, 0.15) is 5.82 Å². The predicted molar refractivity (Wildman–Crippen MR) is 76.3 cm³/mol. The molecule has 0 radical (unpaired) electrons. The minimum atomic E-state index is 0.318. The minimum Gasteiger partial charge on any atom is -0.385 e. The van der Waals surface area contributed by atoms with E-state index in [4.69, 9.17) is 15.2 Å². The Morgan fingerprint density at radius 3 is 2.68 bits per heavy atom. The SMILES string of the molecule is COCCCOCCSc1nnc(CN)n1C(C)C. The minimum absolute atomic E-state index is 0.318. The van der Waals surface area contributed by atoms with Crippen molar-refractivity contribution in [3.63, 3.8) is 0 Å². The molecule has 0 saturated heterocycles. The van der Waals surface area contributed by atoms with Crippen molar-refractivity contribution in [1.29, 1.82) is 0 Å². The van der Waals surface area contributed by atoms with Crippen LogP contribution in [0, 0.1) is 0 Å². The zero-order valence-electron chi connectivity index (χ0n) is 12.0. The Morgan fingerprint density at radius 2 is 2.05 bits per heavy atom. The number of methoxy groups -OCH3 is 1. The smallest absolute Gasteiger partial charge is 0.191 e. The van der Waals surface area contributed by atoms with Crippen LogP contribution in [0.4, 0.5) is 0 Å². The molecule has 0 bridgehead atoms. The molecule has 0 aliphatic heterocycles. The molecule has 110 valence electrons. The van der Waals surface area contributed by atoms with Crippen LogP contribution in [0.2, 0.25) is 0 Å². The van der Waals surface area contributed by atoms with E-state index in [-0.39, 0.29) is 0 Å². The molecule has 0 amide bonds. The molecule has 1 aromatic heterocycles. The van der Waals surface area contributed by atoms with E-state index in [9.17, 15) is 0 Å². The standard InChI is InChI=1S/C12H24N4O2S/c1-10(2)16-11(9-13)14-15-12(16)19-8-7-18-6-4-5-17-3/h10H,4-9,13H2,1-3H3. The van der Waals surface area contributed by atoms with Gasteiger partial charge in [-0.05, 0) is 20.3 Å². The van der Waals surface area contributed by atoms with Crippen molar-refractivity contribution in [3.8, 4) is 0 Å². The fourth-order valence-electron chi connectivity index (χ4n) is 1.66. The Morgan fingerprint density at radius 1 is 1.26 bits per heavy atom. The first-order valence-electron chi connectivity index (χ1n) is 6.54. The fourth-order valence-corrected chi connectivity index (χ4v) is 2.60. The van der Waals surface area contributed by atoms with Crippen molar-refractivity contribution in [2.24, 2.45) is 5.73 Å². The summed E-state index contributed by atoms with van der Waals surface area (Å²) in [4.78, 5) is 0. The lowest BCUT2D eigenvalue weighted by Gasteiger charge is -2.12. The van der Waals surface area contributed by atoms with Gasteiger partial charge in [-0.3, -0.25) is 0 Å². The molecule has 2 N–H and O–H groups in total. The molecular weight excluding hydrogens is 264 g/mol. The molecule has 0 aliphatic carbocycles. The number of thioether (sulfide) groups is 1. The second kappa shape index (κ2) is 9.30. The van der Waals surface area contributed by atoms with Gasteiger partial charge in [-0.2, -0.15) is 0 Å². The van der Waals surface area contributed by atoms with Gasteiger partial charge in [0.05, 0.1) is 13.2 Å². The van der Waals surface area contributed by atoms with Crippen LogP contribution < -0.4 is 5.73 Å². The first-order valence-corrected chi connectivity index (χ1v) is 7.52. The van der Waals surface area contributed by atoms with Gasteiger partial charge in [-0.15, -0.1) is 10.2 Å². The highest BCUT2D eigenvalue weighted by Gasteiger charge is 2.13. The highest BCUT2D eigenvalue weighted by atomic mass is 32.2. The van der Waals surface area contributed by atoms with Crippen LogP contribution in [-0.4, -0.2) is 47.4 Å². The van der Waals surface area contributed by atoms with Crippen LogP contribution in [0.25, 0.3) is 0 Å². The molecule has 19 heavy (non-hydrogen) atoms. The average molecular weight is 288 g/mol. The van der Waals surface area contributed by atoms with Crippen molar-refractivity contribution >= 4 is 11.8 Å². The maximum Gasteiger partial charge on any atom is 0.191 e. The van der Waals surface area contributed by atoms with Gasteiger partial charge in [-0.1, -0.05) is 11.8 Å². The first kappa shape index (κ1) is 16.4. The molecule has 0 saturated carbocycles. The van der Waals surface area contributed by atoms with E-state index >= 15 is 0 Å². The number of rotatable bonds is 10. The third kappa shape index (κ3) is 5.48. The van der Waals surface area contributed by atoms with E-state index in [1.54, 1.807) is 18.9 Å². The van der Waals surface area contributed by atoms with Crippen LogP contribution in [0.1, 0.15) is 32.1 Å².